The number of aromatic amines is 2. The number of nitrogens with two attached hydrogens (primary N) is 1. The molecule has 3 aromatic rings. The van der Waals surface area contributed by atoms with E-state index in [4.69, 9.17) is 15.2 Å². The Bertz CT molecular complexity index is 2340. The third-order valence-electron chi connectivity index (χ3n) is 12.4. The number of nitrogens with zero attached hydrogens (tertiary/aromatic N) is 3. The number of hydrazine groups is 1. The fourth-order valence-electron chi connectivity index (χ4n) is 9.06. The molecule has 4 heterocycles. The number of benzene rings is 1. The quantitative estimate of drug-likeness (QED) is 0.0955. The summed E-state index contributed by atoms with van der Waals surface area (Å²) in [6, 6.07) is 4.35. The minimum absolute atomic E-state index is 0.0369. The second-order valence-electron chi connectivity index (χ2n) is 18.2. The lowest BCUT2D eigenvalue weighted by Crippen LogP contribution is -2.58. The maximum atomic E-state index is 14.5. The number of hydrogen-bond acceptors (Lipinski definition) is 11. The van der Waals surface area contributed by atoms with Crippen molar-refractivity contribution in [2.24, 2.45) is 17.1 Å². The van der Waals surface area contributed by atoms with Crippen molar-refractivity contribution in [3.05, 3.63) is 81.3 Å². The zero-order valence-electron chi connectivity index (χ0n) is 35.5. The largest absolute Gasteiger partial charge is 0.463 e. The normalized spacial score (nSPS) is 26.9. The SMILES string of the molecule is C=C(C1CCCCC1)[C@H](NC(=O)NC1(C(=O)OCC(C)(C)C)C[C@H]1c1c[nH]c2ccccc12)C(=O)N[C@@H]1C(=O)N(C[C@H]2C[C@@H](O)[C@H](n3ccc(=O)[nH]c3=O)O2)N(C(=O)CN)[C@H]1C. The van der Waals surface area contributed by atoms with Crippen molar-refractivity contribution in [1.29, 1.82) is 0 Å². The Morgan fingerprint density at radius 2 is 1.82 bits per heavy atom. The molecule has 62 heavy (non-hydrogen) atoms. The van der Waals surface area contributed by atoms with Crippen LogP contribution in [0.5, 0.6) is 0 Å². The van der Waals surface area contributed by atoms with Gasteiger partial charge < -0.3 is 41.2 Å². The van der Waals surface area contributed by atoms with E-state index in [0.29, 0.717) is 5.57 Å². The molecule has 2 aliphatic heterocycles. The van der Waals surface area contributed by atoms with E-state index in [2.05, 4.69) is 32.5 Å². The molecule has 19 nitrogen and oxygen atoms in total. The van der Waals surface area contributed by atoms with Crippen LogP contribution in [0.15, 0.2) is 64.5 Å². The lowest BCUT2D eigenvalue weighted by atomic mass is 9.81. The van der Waals surface area contributed by atoms with Crippen LogP contribution >= 0.6 is 0 Å². The molecule has 7 rings (SSSR count). The van der Waals surface area contributed by atoms with E-state index in [0.717, 1.165) is 69.2 Å². The van der Waals surface area contributed by atoms with Crippen molar-refractivity contribution in [3.63, 3.8) is 0 Å². The number of carbonyl (C=O) groups is 5. The summed E-state index contributed by atoms with van der Waals surface area (Å²) in [4.78, 5) is 99.6. The molecular formula is C43H57N9O10. The number of carbonyl (C=O) groups excluding carboxylic acids is 5. The summed E-state index contributed by atoms with van der Waals surface area (Å²) in [5, 5.41) is 22.4. The number of esters is 1. The summed E-state index contributed by atoms with van der Waals surface area (Å²) in [7, 11) is 0. The molecule has 8 atom stereocenters. The van der Waals surface area contributed by atoms with Gasteiger partial charge in [0.1, 0.15) is 23.7 Å². The highest BCUT2D eigenvalue weighted by atomic mass is 16.5. The molecule has 19 heteroatoms. The average Bonchev–Trinajstić information content (AvgIpc) is 3.47. The van der Waals surface area contributed by atoms with Crippen LogP contribution in [0.3, 0.4) is 0 Å². The second kappa shape index (κ2) is 17.5. The Morgan fingerprint density at radius 3 is 2.52 bits per heavy atom. The molecule has 4 fully saturated rings. The summed E-state index contributed by atoms with van der Waals surface area (Å²) in [6.07, 6.45) is 4.25. The lowest BCUT2D eigenvalue weighted by molar-refractivity contribution is -0.159. The second-order valence-corrected chi connectivity index (χ2v) is 18.2. The average molecular weight is 860 g/mol. The topological polar surface area (TPSA) is 263 Å². The van der Waals surface area contributed by atoms with Gasteiger partial charge >= 0.3 is 17.7 Å². The highest BCUT2D eigenvalue weighted by Crippen LogP contribution is 2.54. The molecule has 0 radical (unpaired) electrons. The molecule has 2 aliphatic carbocycles. The van der Waals surface area contributed by atoms with Crippen LogP contribution in [0.25, 0.3) is 10.9 Å². The highest BCUT2D eigenvalue weighted by Gasteiger charge is 2.64. The monoisotopic (exact) mass is 859 g/mol. The van der Waals surface area contributed by atoms with Crippen LogP contribution in [-0.4, -0.2) is 115 Å². The minimum Gasteiger partial charge on any atom is -0.463 e. The van der Waals surface area contributed by atoms with Crippen LogP contribution in [0, 0.1) is 11.3 Å². The van der Waals surface area contributed by atoms with Gasteiger partial charge in [0.25, 0.3) is 17.4 Å². The maximum absolute atomic E-state index is 14.5. The smallest absolute Gasteiger partial charge is 0.332 e. The molecular weight excluding hydrogens is 803 g/mol. The summed E-state index contributed by atoms with van der Waals surface area (Å²) >= 11 is 0. The number of nitrogens with one attached hydrogen (secondary N) is 5. The third-order valence-corrected chi connectivity index (χ3v) is 12.4. The van der Waals surface area contributed by atoms with Gasteiger partial charge in [-0.3, -0.25) is 28.7 Å². The molecule has 2 saturated carbocycles. The first-order chi connectivity index (χ1) is 29.4. The number of fused-ring (bicyclic) bond motifs is 1. The Labute approximate surface area is 357 Å². The lowest BCUT2D eigenvalue weighted by Gasteiger charge is -2.32. The Morgan fingerprint density at radius 1 is 1.10 bits per heavy atom. The Kier molecular flexibility index (Phi) is 12.5. The molecule has 0 bridgehead atoms. The van der Waals surface area contributed by atoms with E-state index in [1.54, 1.807) is 6.92 Å². The Hall–Kier alpha value is -5.79. The number of urea groups is 1. The first kappa shape index (κ1) is 44.3. The van der Waals surface area contributed by atoms with Crippen molar-refractivity contribution in [3.8, 4) is 0 Å². The van der Waals surface area contributed by atoms with E-state index in [1.165, 1.54) is 6.20 Å². The summed E-state index contributed by atoms with van der Waals surface area (Å²) in [5.74, 6) is -3.22. The van der Waals surface area contributed by atoms with E-state index in [-0.39, 0.29) is 37.3 Å². The van der Waals surface area contributed by atoms with Gasteiger partial charge in [-0.1, -0.05) is 64.8 Å². The summed E-state index contributed by atoms with van der Waals surface area (Å²) < 4.78 is 12.8. The summed E-state index contributed by atoms with van der Waals surface area (Å²) in [5.41, 5.74) is 4.71. The molecule has 2 saturated heterocycles. The van der Waals surface area contributed by atoms with Crippen LogP contribution in [-0.2, 0) is 28.7 Å². The number of hydrogen-bond donors (Lipinski definition) is 7. The number of aliphatic hydroxyl groups excluding tert-OH is 1. The van der Waals surface area contributed by atoms with Gasteiger partial charge in [-0.05, 0) is 54.7 Å². The number of H-pyrrole nitrogens is 2. The van der Waals surface area contributed by atoms with Gasteiger partial charge in [-0.15, -0.1) is 0 Å². The standard InChI is InChI=1S/C43H57N9O10/c1-23(25-11-7-6-8-12-25)34(48-40(59)49-43(39(58)61-22-42(3,4)5)18-29(43)28-20-45-30-14-10-9-13-27(28)30)36(56)47-35-24(2)52(33(55)19-44)51(37(35)57)21-26-17-31(53)38(62-26)50-16-15-32(54)46-41(50)60/h9-10,13-16,20,24-26,29,31,34-35,38,45,53H,1,6-8,11-12,17-19,21-22,44H2,2-5H3,(H,47,56)(H,46,54,60)(H2,48,49,59)/t24-,26+,29-,31+,34-,35-,38+,43?/m0/s1. The number of rotatable bonds is 13. The van der Waals surface area contributed by atoms with E-state index < -0.39 is 95.5 Å². The van der Waals surface area contributed by atoms with Crippen molar-refractivity contribution in [2.45, 2.75) is 121 Å². The fraction of sp³-hybridized carbons (Fsp3) is 0.558. The van der Waals surface area contributed by atoms with E-state index in [1.807, 2.05) is 51.2 Å². The molecule has 5 amide bonds. The van der Waals surface area contributed by atoms with Crippen molar-refractivity contribution in [2.75, 3.05) is 19.7 Å². The van der Waals surface area contributed by atoms with Crippen molar-refractivity contribution in [1.82, 2.24) is 40.5 Å². The number of aromatic nitrogens is 3. The Balaban J connectivity index is 1.11. The minimum atomic E-state index is -1.44. The van der Waals surface area contributed by atoms with Gasteiger partial charge in [-0.25, -0.2) is 24.4 Å². The van der Waals surface area contributed by atoms with Gasteiger partial charge in [0.2, 0.25) is 5.91 Å². The first-order valence-electron chi connectivity index (χ1n) is 21.2. The molecule has 334 valence electrons. The molecule has 1 aromatic carbocycles. The van der Waals surface area contributed by atoms with Gasteiger partial charge in [0, 0.05) is 41.7 Å². The van der Waals surface area contributed by atoms with Crippen LogP contribution in [0.1, 0.15) is 90.3 Å². The summed E-state index contributed by atoms with van der Waals surface area (Å²) in [6.45, 7) is 11.0. The van der Waals surface area contributed by atoms with Crippen molar-refractivity contribution < 1.29 is 38.6 Å². The first-order valence-corrected chi connectivity index (χ1v) is 21.2. The number of aliphatic hydroxyl groups is 1. The molecule has 0 spiro atoms. The zero-order valence-corrected chi connectivity index (χ0v) is 35.5. The molecule has 4 aliphatic rings. The maximum Gasteiger partial charge on any atom is 0.332 e. The van der Waals surface area contributed by atoms with Crippen LogP contribution in [0.4, 0.5) is 4.79 Å². The van der Waals surface area contributed by atoms with E-state index >= 15 is 0 Å². The van der Waals surface area contributed by atoms with Crippen molar-refractivity contribution >= 4 is 40.6 Å². The number of amides is 5. The number of para-hydroxylation sites is 1. The predicted molar refractivity (Wildman–Crippen MR) is 225 cm³/mol. The number of ether oxygens (including phenoxy) is 2. The zero-order chi connectivity index (χ0) is 44.7. The van der Waals surface area contributed by atoms with Gasteiger partial charge in [-0.2, -0.15) is 0 Å². The molecule has 1 unspecified atom stereocenters. The van der Waals surface area contributed by atoms with E-state index in [9.17, 15) is 38.7 Å². The van der Waals surface area contributed by atoms with Gasteiger partial charge in [0.05, 0.1) is 31.8 Å². The van der Waals surface area contributed by atoms with Crippen LogP contribution in [0.2, 0.25) is 0 Å². The predicted octanol–water partition coefficient (Wildman–Crippen LogP) is 1.40. The molecule has 8 N–H and O–H groups in total. The third kappa shape index (κ3) is 8.92. The van der Waals surface area contributed by atoms with Gasteiger partial charge in [0.15, 0.2) is 6.23 Å². The highest BCUT2D eigenvalue weighted by molar-refractivity contribution is 5.98. The van der Waals surface area contributed by atoms with Crippen LogP contribution < -0.4 is 32.9 Å². The fourth-order valence-corrected chi connectivity index (χ4v) is 9.06. The molecule has 2 aromatic heterocycles.